The van der Waals surface area contributed by atoms with Gasteiger partial charge in [-0.15, -0.1) is 0 Å². The smallest absolute Gasteiger partial charge is 0.273 e. The summed E-state index contributed by atoms with van der Waals surface area (Å²) < 4.78 is 1.55. The van der Waals surface area contributed by atoms with E-state index in [2.05, 4.69) is 15.7 Å². The largest absolute Gasteiger partial charge is 0.349 e. The molecule has 1 aromatic heterocycles. The fourth-order valence-corrected chi connectivity index (χ4v) is 3.69. The normalized spacial score (nSPS) is 19.4. The fraction of sp³-hybridized carbons (Fsp3) is 0.500. The summed E-state index contributed by atoms with van der Waals surface area (Å²) in [6.45, 7) is 6.11. The first-order valence-electron chi connectivity index (χ1n) is 10.3. The van der Waals surface area contributed by atoms with Crippen LogP contribution in [0.15, 0.2) is 24.3 Å². The zero-order valence-electron chi connectivity index (χ0n) is 18.0. The summed E-state index contributed by atoms with van der Waals surface area (Å²) in [7, 11) is 1.73. The van der Waals surface area contributed by atoms with Crippen molar-refractivity contribution < 1.29 is 9.59 Å². The van der Waals surface area contributed by atoms with Gasteiger partial charge < -0.3 is 16.4 Å². The van der Waals surface area contributed by atoms with Crippen LogP contribution < -0.4 is 16.4 Å². The van der Waals surface area contributed by atoms with Gasteiger partial charge in [0.15, 0.2) is 0 Å². The van der Waals surface area contributed by atoms with Gasteiger partial charge in [-0.05, 0) is 49.9 Å². The number of carbonyl (C=O) groups is 2. The highest BCUT2D eigenvalue weighted by Gasteiger charge is 2.23. The van der Waals surface area contributed by atoms with Gasteiger partial charge >= 0.3 is 0 Å². The van der Waals surface area contributed by atoms with Crippen LogP contribution in [0, 0.1) is 0 Å². The van der Waals surface area contributed by atoms with E-state index in [0.29, 0.717) is 22.0 Å². The van der Waals surface area contributed by atoms with Crippen molar-refractivity contribution in [2.45, 2.75) is 64.0 Å². The molecule has 4 N–H and O–H groups in total. The zero-order chi connectivity index (χ0) is 22.1. The Hall–Kier alpha value is -2.38. The van der Waals surface area contributed by atoms with Crippen LogP contribution in [0.1, 0.15) is 73.0 Å². The predicted octanol–water partition coefficient (Wildman–Crippen LogP) is 3.62. The Balaban J connectivity index is 1.73. The topological polar surface area (TPSA) is 102 Å². The number of rotatable bonds is 4. The van der Waals surface area contributed by atoms with E-state index >= 15 is 0 Å². The van der Waals surface area contributed by atoms with E-state index in [1.165, 1.54) is 0 Å². The third kappa shape index (κ3) is 5.21. The Morgan fingerprint density at radius 1 is 1.13 bits per heavy atom. The molecule has 0 spiro atoms. The SMILES string of the molecule is Cn1nc(C(C)(C)C)cc1C(=O)Nc1cc(C(=O)NC2CCC(N)CC2)ccc1Cl. The number of aryl methyl sites for hydroxylation is 1. The summed E-state index contributed by atoms with van der Waals surface area (Å²) in [4.78, 5) is 25.5. The minimum atomic E-state index is -0.332. The molecule has 0 atom stereocenters. The van der Waals surface area contributed by atoms with Crippen molar-refractivity contribution >= 4 is 29.1 Å². The molecule has 1 aromatic carbocycles. The van der Waals surface area contributed by atoms with E-state index in [4.69, 9.17) is 17.3 Å². The van der Waals surface area contributed by atoms with Crippen LogP contribution in [0.3, 0.4) is 0 Å². The lowest BCUT2D eigenvalue weighted by atomic mass is 9.91. The average Bonchev–Trinajstić information content (AvgIpc) is 3.07. The molecule has 1 aliphatic carbocycles. The molecule has 2 aromatic rings. The van der Waals surface area contributed by atoms with Crippen molar-refractivity contribution in [1.29, 1.82) is 0 Å². The number of nitrogens with two attached hydrogens (primary N) is 1. The number of benzene rings is 1. The lowest BCUT2D eigenvalue weighted by Crippen LogP contribution is -2.40. The summed E-state index contributed by atoms with van der Waals surface area (Å²) in [5.41, 5.74) is 7.84. The first-order chi connectivity index (χ1) is 14.0. The fourth-order valence-electron chi connectivity index (χ4n) is 3.53. The highest BCUT2D eigenvalue weighted by atomic mass is 35.5. The number of halogens is 1. The Morgan fingerprint density at radius 3 is 2.40 bits per heavy atom. The number of carbonyl (C=O) groups excluding carboxylic acids is 2. The Bertz CT molecular complexity index is 939. The van der Waals surface area contributed by atoms with Crippen LogP contribution in [-0.2, 0) is 12.5 Å². The second kappa shape index (κ2) is 8.78. The van der Waals surface area contributed by atoms with E-state index in [-0.39, 0.29) is 29.3 Å². The minimum Gasteiger partial charge on any atom is -0.349 e. The van der Waals surface area contributed by atoms with Crippen LogP contribution in [0.25, 0.3) is 0 Å². The van der Waals surface area contributed by atoms with Crippen LogP contribution in [0.5, 0.6) is 0 Å². The number of nitrogens with zero attached hydrogens (tertiary/aromatic N) is 2. The zero-order valence-corrected chi connectivity index (χ0v) is 18.7. The third-order valence-electron chi connectivity index (χ3n) is 5.46. The molecule has 7 nitrogen and oxygen atoms in total. The minimum absolute atomic E-state index is 0.122. The summed E-state index contributed by atoms with van der Waals surface area (Å²) in [5.74, 6) is -0.514. The van der Waals surface area contributed by atoms with Crippen molar-refractivity contribution in [2.24, 2.45) is 12.8 Å². The van der Waals surface area contributed by atoms with Crippen LogP contribution in [-0.4, -0.2) is 33.7 Å². The van der Waals surface area contributed by atoms with Gasteiger partial charge in [0, 0.05) is 30.1 Å². The van der Waals surface area contributed by atoms with Gasteiger partial charge in [-0.3, -0.25) is 14.3 Å². The van der Waals surface area contributed by atoms with E-state index < -0.39 is 0 Å². The number of anilines is 1. The molecule has 8 heteroatoms. The van der Waals surface area contributed by atoms with Gasteiger partial charge in [0.1, 0.15) is 5.69 Å². The van der Waals surface area contributed by atoms with Gasteiger partial charge in [0.2, 0.25) is 0 Å². The maximum Gasteiger partial charge on any atom is 0.273 e. The molecule has 1 aliphatic rings. The predicted molar refractivity (Wildman–Crippen MR) is 119 cm³/mol. The molecule has 0 bridgehead atoms. The van der Waals surface area contributed by atoms with Gasteiger partial charge in [0.05, 0.1) is 16.4 Å². The van der Waals surface area contributed by atoms with Crippen molar-refractivity contribution in [3.05, 3.63) is 46.2 Å². The number of amides is 2. The van der Waals surface area contributed by atoms with E-state index in [1.807, 2.05) is 20.8 Å². The molecule has 2 amide bonds. The van der Waals surface area contributed by atoms with E-state index in [0.717, 1.165) is 31.4 Å². The molecule has 30 heavy (non-hydrogen) atoms. The maximum atomic E-state index is 12.8. The van der Waals surface area contributed by atoms with Crippen molar-refractivity contribution in [3.8, 4) is 0 Å². The molecule has 0 aliphatic heterocycles. The first kappa shape index (κ1) is 22.3. The number of aromatic nitrogens is 2. The summed E-state index contributed by atoms with van der Waals surface area (Å²) in [6, 6.07) is 6.99. The molecule has 0 saturated heterocycles. The molecule has 1 heterocycles. The molecule has 1 saturated carbocycles. The highest BCUT2D eigenvalue weighted by molar-refractivity contribution is 6.34. The number of hydrogen-bond donors (Lipinski definition) is 3. The van der Waals surface area contributed by atoms with Gasteiger partial charge in [0.25, 0.3) is 11.8 Å². The summed E-state index contributed by atoms with van der Waals surface area (Å²) in [5, 5.41) is 10.7. The lowest BCUT2D eigenvalue weighted by molar-refractivity contribution is 0.0924. The van der Waals surface area contributed by atoms with Gasteiger partial charge in [-0.25, -0.2) is 0 Å². The van der Waals surface area contributed by atoms with Gasteiger partial charge in [-0.1, -0.05) is 32.4 Å². The molecule has 0 unspecified atom stereocenters. The molecule has 3 rings (SSSR count). The molecular weight excluding hydrogens is 402 g/mol. The quantitative estimate of drug-likeness (QED) is 0.687. The van der Waals surface area contributed by atoms with Crippen molar-refractivity contribution in [3.63, 3.8) is 0 Å². The Kier molecular flexibility index (Phi) is 6.53. The number of nitrogens with one attached hydrogen (secondary N) is 2. The maximum absolute atomic E-state index is 12.8. The Labute approximate surface area is 182 Å². The number of hydrogen-bond acceptors (Lipinski definition) is 4. The molecule has 1 fully saturated rings. The van der Waals surface area contributed by atoms with Crippen molar-refractivity contribution in [2.75, 3.05) is 5.32 Å². The van der Waals surface area contributed by atoms with E-state index in [1.54, 1.807) is 36.0 Å². The molecular formula is C22H30ClN5O2. The highest BCUT2D eigenvalue weighted by Crippen LogP contribution is 2.26. The first-order valence-corrected chi connectivity index (χ1v) is 10.6. The second-order valence-corrected chi connectivity index (χ2v) is 9.43. The lowest BCUT2D eigenvalue weighted by Gasteiger charge is -2.26. The van der Waals surface area contributed by atoms with E-state index in [9.17, 15) is 9.59 Å². The monoisotopic (exact) mass is 431 g/mol. The average molecular weight is 432 g/mol. The summed E-state index contributed by atoms with van der Waals surface area (Å²) >= 11 is 6.28. The van der Waals surface area contributed by atoms with Crippen LogP contribution in [0.2, 0.25) is 5.02 Å². The second-order valence-electron chi connectivity index (χ2n) is 9.02. The van der Waals surface area contributed by atoms with Crippen LogP contribution in [0.4, 0.5) is 5.69 Å². The van der Waals surface area contributed by atoms with Gasteiger partial charge in [-0.2, -0.15) is 5.10 Å². The van der Waals surface area contributed by atoms with Crippen molar-refractivity contribution in [1.82, 2.24) is 15.1 Å². The third-order valence-corrected chi connectivity index (χ3v) is 5.79. The Morgan fingerprint density at radius 2 is 1.80 bits per heavy atom. The standard InChI is InChI=1S/C22H30ClN5O2/c1-22(2,3)19-12-18(28(4)27-19)21(30)26-17-11-13(5-10-16(17)23)20(29)25-15-8-6-14(24)7-9-15/h5,10-12,14-15H,6-9,24H2,1-4H3,(H,25,29)(H,26,30). The van der Waals surface area contributed by atoms with Crippen LogP contribution >= 0.6 is 11.6 Å². The molecule has 0 radical (unpaired) electrons. The molecule has 162 valence electrons. The summed E-state index contributed by atoms with van der Waals surface area (Å²) in [6.07, 6.45) is 3.57.